The van der Waals surface area contributed by atoms with Crippen LogP contribution in [0.3, 0.4) is 0 Å². The minimum atomic E-state index is -0.887. The third-order valence-electron chi connectivity index (χ3n) is 4.92. The number of imide groups is 1. The highest BCUT2D eigenvalue weighted by atomic mass is 16.7. The monoisotopic (exact) mass is 411 g/mol. The maximum Gasteiger partial charge on any atom is 0.325 e. The molecule has 4 amide bonds. The Balaban J connectivity index is 1.31. The van der Waals surface area contributed by atoms with Crippen molar-refractivity contribution < 1.29 is 28.6 Å². The molecule has 0 aromatic heterocycles. The highest BCUT2D eigenvalue weighted by Crippen LogP contribution is 2.33. The van der Waals surface area contributed by atoms with Gasteiger partial charge >= 0.3 is 6.03 Å². The first-order valence-electron chi connectivity index (χ1n) is 9.43. The van der Waals surface area contributed by atoms with Gasteiger partial charge in [-0.25, -0.2) is 4.79 Å². The first-order chi connectivity index (χ1) is 14.5. The Bertz CT molecular complexity index is 975. The van der Waals surface area contributed by atoms with E-state index >= 15 is 0 Å². The molecule has 2 aliphatic rings. The summed E-state index contributed by atoms with van der Waals surface area (Å²) in [6.45, 7) is 0.555. The summed E-state index contributed by atoms with van der Waals surface area (Å²) in [5, 5.41) is 5.33. The van der Waals surface area contributed by atoms with Crippen LogP contribution in [0.25, 0.3) is 0 Å². The maximum absolute atomic E-state index is 12.6. The van der Waals surface area contributed by atoms with E-state index < -0.39 is 18.0 Å². The van der Waals surface area contributed by atoms with Crippen LogP contribution in [-0.2, 0) is 22.7 Å². The summed E-state index contributed by atoms with van der Waals surface area (Å²) in [5.74, 6) is 1.18. The predicted molar refractivity (Wildman–Crippen MR) is 105 cm³/mol. The van der Waals surface area contributed by atoms with Gasteiger partial charge in [0.1, 0.15) is 11.8 Å². The number of ether oxygens (including phenoxy) is 3. The zero-order valence-corrected chi connectivity index (χ0v) is 16.3. The zero-order valence-electron chi connectivity index (χ0n) is 16.3. The Morgan fingerprint density at radius 3 is 2.63 bits per heavy atom. The summed E-state index contributed by atoms with van der Waals surface area (Å²) in [6, 6.07) is 11.1. The van der Waals surface area contributed by atoms with Gasteiger partial charge in [0.15, 0.2) is 11.5 Å². The number of fused-ring (bicyclic) bond motifs is 1. The molecular weight excluding hydrogens is 390 g/mol. The van der Waals surface area contributed by atoms with Crippen molar-refractivity contribution in [1.82, 2.24) is 15.5 Å². The molecule has 2 aromatic carbocycles. The molecule has 0 bridgehead atoms. The van der Waals surface area contributed by atoms with Crippen molar-refractivity contribution >= 4 is 17.8 Å². The number of amides is 4. The molecule has 1 saturated heterocycles. The number of nitrogens with zero attached hydrogens (tertiary/aromatic N) is 1. The number of hydrogen-bond acceptors (Lipinski definition) is 6. The molecule has 9 nitrogen and oxygen atoms in total. The fourth-order valence-electron chi connectivity index (χ4n) is 3.29. The summed E-state index contributed by atoms with van der Waals surface area (Å²) >= 11 is 0. The normalized spacial score (nSPS) is 17.1. The Kier molecular flexibility index (Phi) is 5.42. The first-order valence-corrected chi connectivity index (χ1v) is 9.43. The number of benzene rings is 2. The van der Waals surface area contributed by atoms with Crippen molar-refractivity contribution in [2.45, 2.75) is 25.6 Å². The van der Waals surface area contributed by atoms with Crippen LogP contribution in [0.1, 0.15) is 17.5 Å². The van der Waals surface area contributed by atoms with Crippen molar-refractivity contribution in [3.63, 3.8) is 0 Å². The van der Waals surface area contributed by atoms with Gasteiger partial charge in [-0.1, -0.05) is 18.2 Å². The quantitative estimate of drug-likeness (QED) is 0.670. The molecular formula is C21H21N3O6. The average Bonchev–Trinajstić information content (AvgIpc) is 3.32. The number of nitrogens with one attached hydrogen (secondary N) is 2. The minimum absolute atomic E-state index is 0.0886. The molecule has 2 aromatic rings. The van der Waals surface area contributed by atoms with Gasteiger partial charge < -0.3 is 24.8 Å². The first kappa shape index (κ1) is 19.6. The van der Waals surface area contributed by atoms with Gasteiger partial charge in [0, 0.05) is 6.54 Å². The average molecular weight is 411 g/mol. The third kappa shape index (κ3) is 4.14. The summed E-state index contributed by atoms with van der Waals surface area (Å²) < 4.78 is 15.7. The fourth-order valence-corrected chi connectivity index (χ4v) is 3.29. The number of methoxy groups -OCH3 is 1. The highest BCUT2D eigenvalue weighted by molar-refractivity contribution is 6.05. The smallest absolute Gasteiger partial charge is 0.325 e. The summed E-state index contributed by atoms with van der Waals surface area (Å²) in [7, 11) is 1.58. The summed E-state index contributed by atoms with van der Waals surface area (Å²) in [5.41, 5.74) is 1.63. The van der Waals surface area contributed by atoms with Crippen molar-refractivity contribution in [1.29, 1.82) is 0 Å². The van der Waals surface area contributed by atoms with Crippen LogP contribution in [0.5, 0.6) is 17.2 Å². The lowest BCUT2D eigenvalue weighted by Gasteiger charge is -2.13. The maximum atomic E-state index is 12.6. The van der Waals surface area contributed by atoms with Crippen LogP contribution in [0, 0.1) is 0 Å². The van der Waals surface area contributed by atoms with E-state index in [0.717, 1.165) is 21.8 Å². The van der Waals surface area contributed by atoms with Crippen LogP contribution in [0.2, 0.25) is 0 Å². The molecule has 2 heterocycles. The molecule has 1 unspecified atom stereocenters. The van der Waals surface area contributed by atoms with Crippen molar-refractivity contribution in [2.75, 3.05) is 13.9 Å². The lowest BCUT2D eigenvalue weighted by Crippen LogP contribution is -2.36. The second kappa shape index (κ2) is 8.32. The standard InChI is InChI=1S/C21H21N3O6/c1-28-15-5-2-13(3-6-15)10-22-19(25)9-16-20(26)24(21(27)23-16)11-14-4-7-17-18(8-14)30-12-29-17/h2-8,16H,9-12H2,1H3,(H,22,25)(H,23,27). The number of carbonyl (C=O) groups is 3. The van der Waals surface area contributed by atoms with Crippen molar-refractivity contribution in [2.24, 2.45) is 0 Å². The van der Waals surface area contributed by atoms with Crippen LogP contribution < -0.4 is 24.8 Å². The van der Waals surface area contributed by atoms with Gasteiger partial charge in [-0.15, -0.1) is 0 Å². The molecule has 4 rings (SSSR count). The van der Waals surface area contributed by atoms with Gasteiger partial charge in [0.2, 0.25) is 12.7 Å². The molecule has 30 heavy (non-hydrogen) atoms. The molecule has 0 saturated carbocycles. The van der Waals surface area contributed by atoms with E-state index in [2.05, 4.69) is 10.6 Å². The number of carbonyl (C=O) groups excluding carboxylic acids is 3. The molecule has 2 N–H and O–H groups in total. The van der Waals surface area contributed by atoms with E-state index in [-0.39, 0.29) is 25.7 Å². The summed E-state index contributed by atoms with van der Waals surface area (Å²) in [6.07, 6.45) is -0.127. The topological polar surface area (TPSA) is 106 Å². The second-order valence-electron chi connectivity index (χ2n) is 6.94. The van der Waals surface area contributed by atoms with Crippen LogP contribution in [0.15, 0.2) is 42.5 Å². The molecule has 0 aliphatic carbocycles. The fraction of sp³-hybridized carbons (Fsp3) is 0.286. The minimum Gasteiger partial charge on any atom is -0.497 e. The Morgan fingerprint density at radius 2 is 1.87 bits per heavy atom. The van der Waals surface area contributed by atoms with Gasteiger partial charge in [0.05, 0.1) is 20.1 Å². The lowest BCUT2D eigenvalue weighted by atomic mass is 10.1. The van der Waals surface area contributed by atoms with Crippen LogP contribution >= 0.6 is 0 Å². The van der Waals surface area contributed by atoms with Crippen molar-refractivity contribution in [3.8, 4) is 17.2 Å². The molecule has 0 radical (unpaired) electrons. The number of rotatable bonds is 7. The van der Waals surface area contributed by atoms with Gasteiger partial charge in [0.25, 0.3) is 5.91 Å². The largest absolute Gasteiger partial charge is 0.497 e. The van der Waals surface area contributed by atoms with E-state index in [4.69, 9.17) is 14.2 Å². The zero-order chi connectivity index (χ0) is 21.1. The molecule has 0 spiro atoms. The van der Waals surface area contributed by atoms with E-state index in [1.807, 2.05) is 12.1 Å². The molecule has 9 heteroatoms. The van der Waals surface area contributed by atoms with Gasteiger partial charge in [-0.3, -0.25) is 14.5 Å². The van der Waals surface area contributed by atoms with E-state index in [9.17, 15) is 14.4 Å². The Morgan fingerprint density at radius 1 is 1.13 bits per heavy atom. The van der Waals surface area contributed by atoms with E-state index in [1.165, 1.54) is 0 Å². The second-order valence-corrected chi connectivity index (χ2v) is 6.94. The van der Waals surface area contributed by atoms with Crippen LogP contribution in [-0.4, -0.2) is 42.7 Å². The Labute approximate surface area is 172 Å². The SMILES string of the molecule is COc1ccc(CNC(=O)CC2NC(=O)N(Cc3ccc4c(c3)OCO4)C2=O)cc1. The highest BCUT2D eigenvalue weighted by Gasteiger charge is 2.39. The van der Waals surface area contributed by atoms with Gasteiger partial charge in [-0.05, 0) is 35.4 Å². The van der Waals surface area contributed by atoms with Gasteiger partial charge in [-0.2, -0.15) is 0 Å². The number of urea groups is 1. The van der Waals surface area contributed by atoms with Crippen molar-refractivity contribution in [3.05, 3.63) is 53.6 Å². The Hall–Kier alpha value is -3.75. The van der Waals surface area contributed by atoms with E-state index in [0.29, 0.717) is 18.0 Å². The van der Waals surface area contributed by atoms with Crippen LogP contribution in [0.4, 0.5) is 4.79 Å². The summed E-state index contributed by atoms with van der Waals surface area (Å²) in [4.78, 5) is 38.2. The number of hydrogen-bond donors (Lipinski definition) is 2. The molecule has 1 atom stereocenters. The molecule has 2 aliphatic heterocycles. The third-order valence-corrected chi connectivity index (χ3v) is 4.92. The lowest BCUT2D eigenvalue weighted by molar-refractivity contribution is -0.131. The predicted octanol–water partition coefficient (Wildman–Crippen LogP) is 1.55. The molecule has 156 valence electrons. The molecule has 1 fully saturated rings. The van der Waals surface area contributed by atoms with E-state index in [1.54, 1.807) is 37.4 Å².